The van der Waals surface area contributed by atoms with E-state index in [9.17, 15) is 5.26 Å². The molecule has 0 amide bonds. The molecule has 0 saturated carbocycles. The molecule has 0 fully saturated rings. The Hall–Kier alpha value is -2.68. The maximum atomic E-state index is 9.18. The molecule has 1 heterocycles. The van der Waals surface area contributed by atoms with Gasteiger partial charge in [-0.25, -0.2) is 0 Å². The van der Waals surface area contributed by atoms with Gasteiger partial charge < -0.3 is 15.2 Å². The van der Waals surface area contributed by atoms with Crippen molar-refractivity contribution in [1.82, 2.24) is 9.78 Å². The summed E-state index contributed by atoms with van der Waals surface area (Å²) in [4.78, 5) is 0. The van der Waals surface area contributed by atoms with Crippen LogP contribution in [0.4, 0.5) is 5.82 Å². The van der Waals surface area contributed by atoms with Crippen LogP contribution in [0.25, 0.3) is 11.3 Å². The summed E-state index contributed by atoms with van der Waals surface area (Å²) in [6.45, 7) is 0. The van der Waals surface area contributed by atoms with Crippen molar-refractivity contribution < 1.29 is 9.47 Å². The van der Waals surface area contributed by atoms with Crippen molar-refractivity contribution >= 4 is 5.82 Å². The largest absolute Gasteiger partial charge is 0.497 e. The first kappa shape index (κ1) is 12.8. The van der Waals surface area contributed by atoms with Gasteiger partial charge in [-0.15, -0.1) is 0 Å². The minimum Gasteiger partial charge on any atom is -0.497 e. The third-order valence-electron chi connectivity index (χ3n) is 2.83. The SMILES string of the molecule is COc1cc(OC)cc(-c2nn(C)c(N)c2C#N)c1. The number of aromatic nitrogens is 2. The highest BCUT2D eigenvalue weighted by Crippen LogP contribution is 2.32. The average molecular weight is 258 g/mol. The van der Waals surface area contributed by atoms with Crippen LogP contribution in [-0.2, 0) is 7.05 Å². The number of nitrogens with zero attached hydrogens (tertiary/aromatic N) is 3. The van der Waals surface area contributed by atoms with Crippen molar-refractivity contribution in [3.8, 4) is 28.8 Å². The summed E-state index contributed by atoms with van der Waals surface area (Å²) in [5, 5.41) is 13.4. The van der Waals surface area contributed by atoms with Crippen molar-refractivity contribution in [2.75, 3.05) is 20.0 Å². The second-order valence-corrected chi connectivity index (χ2v) is 3.95. The maximum absolute atomic E-state index is 9.18. The third-order valence-corrected chi connectivity index (χ3v) is 2.83. The number of hydrogen-bond donors (Lipinski definition) is 1. The average Bonchev–Trinajstić information content (AvgIpc) is 2.73. The number of hydrogen-bond acceptors (Lipinski definition) is 5. The lowest BCUT2D eigenvalue weighted by atomic mass is 10.1. The Kier molecular flexibility index (Phi) is 3.29. The molecule has 19 heavy (non-hydrogen) atoms. The van der Waals surface area contributed by atoms with E-state index in [0.29, 0.717) is 28.6 Å². The number of benzene rings is 1. The van der Waals surface area contributed by atoms with Gasteiger partial charge in [0.1, 0.15) is 34.6 Å². The van der Waals surface area contributed by atoms with Gasteiger partial charge in [-0.2, -0.15) is 10.4 Å². The lowest BCUT2D eigenvalue weighted by Crippen LogP contribution is -1.97. The van der Waals surface area contributed by atoms with Crippen LogP contribution in [0.3, 0.4) is 0 Å². The van der Waals surface area contributed by atoms with Crippen molar-refractivity contribution in [3.05, 3.63) is 23.8 Å². The van der Waals surface area contributed by atoms with E-state index in [1.54, 1.807) is 39.5 Å². The zero-order chi connectivity index (χ0) is 14.0. The van der Waals surface area contributed by atoms with Crippen molar-refractivity contribution in [1.29, 1.82) is 5.26 Å². The van der Waals surface area contributed by atoms with Crippen LogP contribution in [0, 0.1) is 11.3 Å². The fourth-order valence-corrected chi connectivity index (χ4v) is 1.79. The number of rotatable bonds is 3. The number of methoxy groups -OCH3 is 2. The second-order valence-electron chi connectivity index (χ2n) is 3.95. The normalized spacial score (nSPS) is 10.0. The number of aryl methyl sites for hydroxylation is 1. The van der Waals surface area contributed by atoms with E-state index in [2.05, 4.69) is 11.2 Å². The Morgan fingerprint density at radius 1 is 1.21 bits per heavy atom. The Labute approximate surface area is 111 Å². The number of anilines is 1. The molecule has 0 spiro atoms. The third kappa shape index (κ3) is 2.18. The number of nitrogens with two attached hydrogens (primary N) is 1. The monoisotopic (exact) mass is 258 g/mol. The molecule has 0 aliphatic rings. The van der Waals surface area contributed by atoms with E-state index in [-0.39, 0.29) is 0 Å². The van der Waals surface area contributed by atoms with E-state index >= 15 is 0 Å². The van der Waals surface area contributed by atoms with E-state index in [1.807, 2.05) is 0 Å². The van der Waals surface area contributed by atoms with Crippen molar-refractivity contribution in [3.63, 3.8) is 0 Å². The molecule has 0 atom stereocenters. The first-order chi connectivity index (χ1) is 9.10. The highest BCUT2D eigenvalue weighted by atomic mass is 16.5. The summed E-state index contributed by atoms with van der Waals surface area (Å²) < 4.78 is 11.9. The first-order valence-corrected chi connectivity index (χ1v) is 5.56. The smallest absolute Gasteiger partial charge is 0.140 e. The van der Waals surface area contributed by atoms with Gasteiger partial charge in [0, 0.05) is 18.7 Å². The van der Waals surface area contributed by atoms with Gasteiger partial charge in [0.25, 0.3) is 0 Å². The minimum atomic E-state index is 0.333. The second kappa shape index (κ2) is 4.90. The van der Waals surface area contributed by atoms with Crippen LogP contribution in [0.5, 0.6) is 11.5 Å². The summed E-state index contributed by atoms with van der Waals surface area (Å²) in [6, 6.07) is 7.39. The van der Waals surface area contributed by atoms with Gasteiger partial charge in [0.15, 0.2) is 0 Å². The molecule has 0 radical (unpaired) electrons. The summed E-state index contributed by atoms with van der Waals surface area (Å²) in [7, 11) is 4.82. The van der Waals surface area contributed by atoms with E-state index < -0.39 is 0 Å². The highest BCUT2D eigenvalue weighted by molar-refractivity contribution is 5.74. The van der Waals surface area contributed by atoms with Crippen LogP contribution in [0.1, 0.15) is 5.56 Å². The van der Waals surface area contributed by atoms with E-state index in [0.717, 1.165) is 5.56 Å². The van der Waals surface area contributed by atoms with E-state index in [1.165, 1.54) is 4.68 Å². The molecule has 2 N–H and O–H groups in total. The van der Waals surface area contributed by atoms with Crippen LogP contribution >= 0.6 is 0 Å². The Balaban J connectivity index is 2.65. The fraction of sp³-hybridized carbons (Fsp3) is 0.231. The number of nitrogen functional groups attached to an aromatic ring is 1. The molecule has 1 aromatic heterocycles. The first-order valence-electron chi connectivity index (χ1n) is 5.56. The topological polar surface area (TPSA) is 86.1 Å². The molecular weight excluding hydrogens is 244 g/mol. The predicted molar refractivity (Wildman–Crippen MR) is 70.9 cm³/mol. The van der Waals surface area contributed by atoms with Gasteiger partial charge in [-0.1, -0.05) is 0 Å². The molecule has 2 rings (SSSR count). The summed E-state index contributed by atoms with van der Waals surface area (Å²) in [6.07, 6.45) is 0. The standard InChI is InChI=1S/C13H14N4O2/c1-17-13(15)11(7-14)12(16-17)8-4-9(18-2)6-10(5-8)19-3/h4-6H,15H2,1-3H3. The molecule has 0 aliphatic carbocycles. The Morgan fingerprint density at radius 3 is 2.26 bits per heavy atom. The van der Waals surface area contributed by atoms with Crippen molar-refractivity contribution in [2.45, 2.75) is 0 Å². The fourth-order valence-electron chi connectivity index (χ4n) is 1.79. The lowest BCUT2D eigenvalue weighted by Gasteiger charge is -2.07. The Morgan fingerprint density at radius 2 is 1.79 bits per heavy atom. The van der Waals surface area contributed by atoms with Gasteiger partial charge >= 0.3 is 0 Å². The zero-order valence-electron chi connectivity index (χ0n) is 11.0. The minimum absolute atomic E-state index is 0.333. The molecule has 1 aromatic carbocycles. The summed E-state index contributed by atoms with van der Waals surface area (Å²) >= 11 is 0. The van der Waals surface area contributed by atoms with Gasteiger partial charge in [-0.3, -0.25) is 4.68 Å². The van der Waals surface area contributed by atoms with Crippen molar-refractivity contribution in [2.24, 2.45) is 7.05 Å². The maximum Gasteiger partial charge on any atom is 0.140 e. The molecule has 6 nitrogen and oxygen atoms in total. The van der Waals surface area contributed by atoms with Gasteiger partial charge in [0.2, 0.25) is 0 Å². The molecule has 2 aromatic rings. The Bertz CT molecular complexity index is 633. The lowest BCUT2D eigenvalue weighted by molar-refractivity contribution is 0.394. The predicted octanol–water partition coefficient (Wildman–Crippen LogP) is 1.56. The molecule has 0 aliphatic heterocycles. The van der Waals surface area contributed by atoms with Crippen LogP contribution in [0.2, 0.25) is 0 Å². The molecular formula is C13H14N4O2. The number of ether oxygens (including phenoxy) is 2. The molecule has 0 unspecified atom stereocenters. The van der Waals surface area contributed by atoms with Crippen LogP contribution in [-0.4, -0.2) is 24.0 Å². The van der Waals surface area contributed by atoms with Gasteiger partial charge in [-0.05, 0) is 12.1 Å². The summed E-state index contributed by atoms with van der Waals surface area (Å²) in [5.74, 6) is 1.59. The molecule has 0 saturated heterocycles. The summed E-state index contributed by atoms with van der Waals surface area (Å²) in [5.41, 5.74) is 7.39. The van der Waals surface area contributed by atoms with E-state index in [4.69, 9.17) is 15.2 Å². The zero-order valence-corrected chi connectivity index (χ0v) is 11.0. The molecule has 98 valence electrons. The highest BCUT2D eigenvalue weighted by Gasteiger charge is 2.16. The molecule has 0 bridgehead atoms. The van der Waals surface area contributed by atoms with Crippen LogP contribution < -0.4 is 15.2 Å². The van der Waals surface area contributed by atoms with Gasteiger partial charge in [0.05, 0.1) is 14.2 Å². The van der Waals surface area contributed by atoms with Crippen LogP contribution in [0.15, 0.2) is 18.2 Å². The molecule has 6 heteroatoms. The number of nitriles is 1. The quantitative estimate of drug-likeness (QED) is 0.902.